The molecule has 0 aliphatic carbocycles. The van der Waals surface area contributed by atoms with Gasteiger partial charge in [0, 0.05) is 98.5 Å². The van der Waals surface area contributed by atoms with Crippen molar-refractivity contribution in [2.24, 2.45) is 0 Å². The summed E-state index contributed by atoms with van der Waals surface area (Å²) in [6, 6.07) is 112. The number of halogens is 3. The fraction of sp³-hybridized carbons (Fsp3) is 0.0111. The molecule has 100 heavy (non-hydrogen) atoms. The maximum atomic E-state index is 17.4. The maximum absolute atomic E-state index is 17.4. The summed E-state index contributed by atoms with van der Waals surface area (Å²) in [5.41, 5.74) is 16.2. The van der Waals surface area contributed by atoms with Crippen LogP contribution in [0.4, 0.5) is 13.2 Å². The fourth-order valence-electron chi connectivity index (χ4n) is 16.6. The Morgan fingerprint density at radius 2 is 0.470 bits per heavy atom. The van der Waals surface area contributed by atoms with Crippen molar-refractivity contribution in [3.8, 4) is 56.6 Å². The summed E-state index contributed by atoms with van der Waals surface area (Å²) in [7, 11) is 0. The Morgan fingerprint density at radius 3 is 0.770 bits per heavy atom. The average molecular weight is 1290 g/mol. The van der Waals surface area contributed by atoms with Crippen molar-refractivity contribution < 1.29 is 13.2 Å². The van der Waals surface area contributed by atoms with Gasteiger partial charge in [-0.25, -0.2) is 4.98 Å². The standard InChI is InChI=1S/C90H54F3N7/c91-90(92,93)73-54-89(100-86-51-58(97-80-37-16-8-27-64(80)65-28-9-17-38-81(65)97)43-47-70(86)71-48-44-59(52-87(71)100)98-82-39-18-10-29-66(82)67-30-11-19-40-83(67)98)88(53-72(73)75-32-20-31-74(94-75)55-21-2-1-3-22-55)99-84-49-56(95-76-33-12-4-23-60(76)61-24-5-13-34-77(61)95)41-45-68(84)69-46-42-57(50-85(69)99)96-78-35-14-6-25-62(78)63-26-7-15-36-79(63)96/h1-54H. The third kappa shape index (κ3) is 8.13. The molecule has 7 nitrogen and oxygen atoms in total. The molecule has 0 spiro atoms. The highest BCUT2D eigenvalue weighted by Gasteiger charge is 2.37. The highest BCUT2D eigenvalue weighted by atomic mass is 19.4. The third-order valence-electron chi connectivity index (χ3n) is 20.8. The van der Waals surface area contributed by atoms with Gasteiger partial charge in [-0.15, -0.1) is 0 Å². The lowest BCUT2D eigenvalue weighted by molar-refractivity contribution is -0.137. The van der Waals surface area contributed by atoms with Crippen LogP contribution in [0, 0.1) is 0 Å². The number of hydrogen-bond acceptors (Lipinski definition) is 1. The van der Waals surface area contributed by atoms with Gasteiger partial charge in [-0.2, -0.15) is 13.2 Å². The molecule has 0 radical (unpaired) electrons. The van der Waals surface area contributed by atoms with Gasteiger partial charge in [-0.1, -0.05) is 206 Å². The number of hydrogen-bond donors (Lipinski definition) is 0. The molecular formula is C90H54F3N7. The molecule has 21 rings (SSSR count). The van der Waals surface area contributed by atoms with Gasteiger partial charge in [0.15, 0.2) is 0 Å². The Balaban J connectivity index is 0.948. The second-order valence-corrected chi connectivity index (χ2v) is 26.1. The lowest BCUT2D eigenvalue weighted by Crippen LogP contribution is -2.13. The maximum Gasteiger partial charge on any atom is 0.417 e. The molecular weight excluding hydrogens is 1240 g/mol. The van der Waals surface area contributed by atoms with Gasteiger partial charge in [0.1, 0.15) is 0 Å². The lowest BCUT2D eigenvalue weighted by atomic mass is 9.99. The number of alkyl halides is 3. The minimum Gasteiger partial charge on any atom is -0.309 e. The predicted molar refractivity (Wildman–Crippen MR) is 406 cm³/mol. The van der Waals surface area contributed by atoms with Crippen molar-refractivity contribution in [3.63, 3.8) is 0 Å². The van der Waals surface area contributed by atoms with Crippen LogP contribution in [0.15, 0.2) is 328 Å². The second-order valence-electron chi connectivity index (χ2n) is 26.1. The quantitative estimate of drug-likeness (QED) is 0.149. The van der Waals surface area contributed by atoms with Gasteiger partial charge in [-0.05, 0) is 121 Å². The first-order valence-electron chi connectivity index (χ1n) is 33.7. The third-order valence-corrected chi connectivity index (χ3v) is 20.8. The van der Waals surface area contributed by atoms with E-state index < -0.39 is 11.7 Å². The van der Waals surface area contributed by atoms with E-state index in [1.807, 2.05) is 42.5 Å². The Labute approximate surface area is 569 Å². The Kier molecular flexibility index (Phi) is 11.9. The van der Waals surface area contributed by atoms with E-state index >= 15 is 13.2 Å². The lowest BCUT2D eigenvalue weighted by Gasteiger charge is -2.23. The first-order valence-corrected chi connectivity index (χ1v) is 33.7. The van der Waals surface area contributed by atoms with Gasteiger partial charge in [0.2, 0.25) is 0 Å². The zero-order valence-corrected chi connectivity index (χ0v) is 53.4. The van der Waals surface area contributed by atoms with Crippen LogP contribution in [0.1, 0.15) is 5.56 Å². The monoisotopic (exact) mass is 1290 g/mol. The first-order chi connectivity index (χ1) is 49.3. The molecule has 0 aliphatic heterocycles. The van der Waals surface area contributed by atoms with Crippen LogP contribution in [0.25, 0.3) is 187 Å². The van der Waals surface area contributed by atoms with Crippen LogP contribution in [0.5, 0.6) is 0 Å². The van der Waals surface area contributed by atoms with Crippen molar-refractivity contribution in [1.29, 1.82) is 0 Å². The van der Waals surface area contributed by atoms with Gasteiger partial charge in [-0.3, -0.25) is 0 Å². The predicted octanol–water partition coefficient (Wildman–Crippen LogP) is 24.0. The summed E-state index contributed by atoms with van der Waals surface area (Å²) in [4.78, 5) is 5.19. The number of pyridine rings is 1. The van der Waals surface area contributed by atoms with Gasteiger partial charge >= 0.3 is 6.18 Å². The summed E-state index contributed by atoms with van der Waals surface area (Å²) in [5, 5.41) is 12.4. The van der Waals surface area contributed by atoms with Crippen molar-refractivity contribution in [3.05, 3.63) is 333 Å². The smallest absolute Gasteiger partial charge is 0.309 e. The van der Waals surface area contributed by atoms with Crippen molar-refractivity contribution in [2.75, 3.05) is 0 Å². The van der Waals surface area contributed by atoms with E-state index in [-0.39, 0.29) is 11.3 Å². The minimum atomic E-state index is -4.89. The van der Waals surface area contributed by atoms with Gasteiger partial charge in [0.25, 0.3) is 0 Å². The molecule has 14 aromatic carbocycles. The largest absolute Gasteiger partial charge is 0.417 e. The van der Waals surface area contributed by atoms with E-state index in [0.717, 1.165) is 159 Å². The summed E-state index contributed by atoms with van der Waals surface area (Å²) < 4.78 is 65.6. The molecule has 0 atom stereocenters. The Hall–Kier alpha value is -13.2. The van der Waals surface area contributed by atoms with E-state index in [2.05, 4.69) is 294 Å². The van der Waals surface area contributed by atoms with Crippen LogP contribution in [0.3, 0.4) is 0 Å². The van der Waals surface area contributed by atoms with Crippen molar-refractivity contribution in [1.82, 2.24) is 32.4 Å². The van der Waals surface area contributed by atoms with E-state index in [1.165, 1.54) is 6.07 Å². The summed E-state index contributed by atoms with van der Waals surface area (Å²) in [6.07, 6.45) is -4.89. The van der Waals surface area contributed by atoms with Crippen LogP contribution >= 0.6 is 0 Å². The summed E-state index contributed by atoms with van der Waals surface area (Å²) in [6.45, 7) is 0. The summed E-state index contributed by atoms with van der Waals surface area (Å²) >= 11 is 0. The number of fused-ring (bicyclic) bond motifs is 18. The molecule has 0 saturated heterocycles. The fourth-order valence-corrected chi connectivity index (χ4v) is 16.6. The summed E-state index contributed by atoms with van der Waals surface area (Å²) in [5.74, 6) is 0. The van der Waals surface area contributed by atoms with Gasteiger partial charge < -0.3 is 27.4 Å². The SMILES string of the molecule is FC(F)(F)c1cc(-n2c3cc(-n4c5ccccc5c5ccccc54)ccc3c3ccc(-n4c5ccccc5c5ccccc54)cc32)c(-n2c3cc(-n4c5ccccc5c5ccccc54)ccc3c3ccc(-n4c5ccccc5c5ccccc54)cc32)cc1-c1cccc(-c2ccccc2)n1. The molecule has 21 aromatic rings. The first kappa shape index (κ1) is 56.0. The second kappa shape index (κ2) is 21.2. The normalized spacial score (nSPS) is 12.3. The number of para-hydroxylation sites is 8. The molecule has 7 aromatic heterocycles. The zero-order valence-electron chi connectivity index (χ0n) is 53.4. The molecule has 0 aliphatic rings. The van der Waals surface area contributed by atoms with Crippen LogP contribution in [0.2, 0.25) is 0 Å². The van der Waals surface area contributed by atoms with E-state index in [0.29, 0.717) is 17.1 Å². The van der Waals surface area contributed by atoms with E-state index in [9.17, 15) is 0 Å². The topological polar surface area (TPSA) is 42.5 Å². The molecule has 0 unspecified atom stereocenters. The highest BCUT2D eigenvalue weighted by molar-refractivity contribution is 6.17. The molecule has 0 saturated carbocycles. The molecule has 10 heteroatoms. The average Bonchev–Trinajstić information content (AvgIpc) is 1.51. The molecule has 7 heterocycles. The molecule has 470 valence electrons. The van der Waals surface area contributed by atoms with Gasteiger partial charge in [0.05, 0.1) is 94.5 Å². The number of aromatic nitrogens is 7. The molecule has 0 bridgehead atoms. The van der Waals surface area contributed by atoms with E-state index in [1.54, 1.807) is 12.1 Å². The number of rotatable bonds is 8. The van der Waals surface area contributed by atoms with Crippen molar-refractivity contribution in [2.45, 2.75) is 6.18 Å². The Morgan fingerprint density at radius 1 is 0.210 bits per heavy atom. The van der Waals surface area contributed by atoms with Crippen molar-refractivity contribution >= 4 is 131 Å². The molecule has 0 fully saturated rings. The molecule has 0 N–H and O–H groups in total. The van der Waals surface area contributed by atoms with Crippen LogP contribution < -0.4 is 0 Å². The molecule has 0 amide bonds. The minimum absolute atomic E-state index is 0.0613. The van der Waals surface area contributed by atoms with Crippen LogP contribution in [-0.2, 0) is 6.18 Å². The number of nitrogens with zero attached hydrogens (tertiary/aromatic N) is 7. The number of benzene rings is 14. The van der Waals surface area contributed by atoms with E-state index in [4.69, 9.17) is 4.98 Å². The highest BCUT2D eigenvalue weighted by Crippen LogP contribution is 2.48. The zero-order chi connectivity index (χ0) is 66.1. The Bertz CT molecular complexity index is 6480. The van der Waals surface area contributed by atoms with Crippen LogP contribution in [-0.4, -0.2) is 32.4 Å².